The van der Waals surface area contributed by atoms with Gasteiger partial charge in [-0.15, -0.1) is 11.3 Å². The van der Waals surface area contributed by atoms with Crippen molar-refractivity contribution >= 4 is 21.4 Å². The molecular weight excluding hydrogens is 272 g/mol. The Labute approximate surface area is 112 Å². The molecule has 0 fully saturated rings. The number of aryl methyl sites for hydroxylation is 1. The van der Waals surface area contributed by atoms with Crippen LogP contribution < -0.4 is 4.72 Å². The third-order valence-corrected chi connectivity index (χ3v) is 5.17. The van der Waals surface area contributed by atoms with Crippen molar-refractivity contribution in [2.75, 3.05) is 27.2 Å². The first kappa shape index (κ1) is 15.6. The number of aliphatic hydroxyl groups is 1. The van der Waals surface area contributed by atoms with Gasteiger partial charge >= 0.3 is 0 Å². The van der Waals surface area contributed by atoms with Gasteiger partial charge in [-0.2, -0.15) is 0 Å². The lowest BCUT2D eigenvalue weighted by Gasteiger charge is -2.26. The molecule has 1 atom stereocenters. The summed E-state index contributed by atoms with van der Waals surface area (Å²) in [6.45, 7) is 3.84. The molecule has 1 heterocycles. The Hall–Kier alpha value is -0.470. The van der Waals surface area contributed by atoms with Crippen molar-refractivity contribution in [1.82, 2.24) is 9.62 Å². The molecule has 0 radical (unpaired) electrons. The number of nitrogens with zero attached hydrogens (tertiary/aromatic N) is 1. The SMILES string of the molecule is Cc1ccc(S(=O)(=O)NCC(C)(O)CN(C)C)s1. The first-order chi connectivity index (χ1) is 8.12. The fourth-order valence-corrected chi connectivity index (χ4v) is 4.11. The minimum Gasteiger partial charge on any atom is -0.387 e. The molecule has 5 nitrogen and oxygen atoms in total. The van der Waals surface area contributed by atoms with Crippen molar-refractivity contribution in [2.24, 2.45) is 0 Å². The highest BCUT2D eigenvalue weighted by molar-refractivity contribution is 7.91. The summed E-state index contributed by atoms with van der Waals surface area (Å²) in [5, 5.41) is 10.0. The molecule has 1 rings (SSSR count). The van der Waals surface area contributed by atoms with Crippen LogP contribution in [0.4, 0.5) is 0 Å². The van der Waals surface area contributed by atoms with E-state index in [1.807, 2.05) is 25.9 Å². The quantitative estimate of drug-likeness (QED) is 0.807. The topological polar surface area (TPSA) is 69.6 Å². The van der Waals surface area contributed by atoms with Gasteiger partial charge in [0.2, 0.25) is 10.0 Å². The van der Waals surface area contributed by atoms with E-state index >= 15 is 0 Å². The number of nitrogens with one attached hydrogen (secondary N) is 1. The number of likely N-dealkylation sites (N-methyl/N-ethyl adjacent to an activating group) is 1. The fourth-order valence-electron chi connectivity index (χ4n) is 1.62. The smallest absolute Gasteiger partial charge is 0.250 e. The minimum absolute atomic E-state index is 0.00946. The van der Waals surface area contributed by atoms with Gasteiger partial charge < -0.3 is 10.0 Å². The Kier molecular flexibility index (Phi) is 4.90. The summed E-state index contributed by atoms with van der Waals surface area (Å²) in [5.41, 5.74) is -1.09. The third kappa shape index (κ3) is 4.66. The molecule has 0 aromatic carbocycles. The Balaban J connectivity index is 2.68. The normalized spacial score (nSPS) is 15.9. The maximum absolute atomic E-state index is 12.0. The van der Waals surface area contributed by atoms with E-state index in [2.05, 4.69) is 4.72 Å². The van der Waals surface area contributed by atoms with Crippen LogP contribution >= 0.6 is 11.3 Å². The number of sulfonamides is 1. The van der Waals surface area contributed by atoms with Crippen LogP contribution in [-0.4, -0.2) is 51.2 Å². The molecule has 1 unspecified atom stereocenters. The van der Waals surface area contributed by atoms with Gasteiger partial charge in [-0.1, -0.05) is 0 Å². The van der Waals surface area contributed by atoms with Gasteiger partial charge in [0.25, 0.3) is 0 Å². The second-order valence-corrected chi connectivity index (χ2v) is 8.21. The summed E-state index contributed by atoms with van der Waals surface area (Å²) in [6.07, 6.45) is 0. The third-order valence-electron chi connectivity index (χ3n) is 2.28. The Morgan fingerprint density at radius 1 is 1.44 bits per heavy atom. The Morgan fingerprint density at radius 2 is 2.06 bits per heavy atom. The second kappa shape index (κ2) is 5.66. The van der Waals surface area contributed by atoms with Gasteiger partial charge in [-0.3, -0.25) is 0 Å². The summed E-state index contributed by atoms with van der Waals surface area (Å²) < 4.78 is 26.6. The van der Waals surface area contributed by atoms with Crippen LogP contribution in [-0.2, 0) is 10.0 Å². The molecule has 104 valence electrons. The fraction of sp³-hybridized carbons (Fsp3) is 0.636. The van der Waals surface area contributed by atoms with Crippen molar-refractivity contribution in [2.45, 2.75) is 23.7 Å². The summed E-state index contributed by atoms with van der Waals surface area (Å²) >= 11 is 1.22. The minimum atomic E-state index is -3.52. The van der Waals surface area contributed by atoms with Gasteiger partial charge in [0, 0.05) is 18.0 Å². The number of rotatable bonds is 6. The maximum atomic E-state index is 12.0. The van der Waals surface area contributed by atoms with Crippen molar-refractivity contribution in [3.63, 3.8) is 0 Å². The van der Waals surface area contributed by atoms with Gasteiger partial charge in [0.15, 0.2) is 0 Å². The van der Waals surface area contributed by atoms with Crippen LogP contribution in [0.5, 0.6) is 0 Å². The Morgan fingerprint density at radius 3 is 2.50 bits per heavy atom. The van der Waals surface area contributed by atoms with Crippen molar-refractivity contribution < 1.29 is 13.5 Å². The first-order valence-corrected chi connectivity index (χ1v) is 7.86. The van der Waals surface area contributed by atoms with E-state index in [-0.39, 0.29) is 10.8 Å². The molecule has 1 aromatic heterocycles. The van der Waals surface area contributed by atoms with Crippen LogP contribution in [0.2, 0.25) is 0 Å². The van der Waals surface area contributed by atoms with Crippen LogP contribution in [0.25, 0.3) is 0 Å². The van der Waals surface area contributed by atoms with E-state index in [9.17, 15) is 13.5 Å². The molecule has 7 heteroatoms. The van der Waals surface area contributed by atoms with Crippen molar-refractivity contribution in [3.8, 4) is 0 Å². The van der Waals surface area contributed by atoms with E-state index in [1.54, 1.807) is 19.1 Å². The molecule has 2 N–H and O–H groups in total. The molecule has 0 aliphatic carbocycles. The van der Waals surface area contributed by atoms with E-state index in [0.717, 1.165) is 4.88 Å². The van der Waals surface area contributed by atoms with Crippen LogP contribution in [0.3, 0.4) is 0 Å². The average molecular weight is 292 g/mol. The van der Waals surface area contributed by atoms with Gasteiger partial charge in [-0.05, 0) is 40.1 Å². The average Bonchev–Trinajstić information content (AvgIpc) is 2.61. The zero-order chi connectivity index (χ0) is 14.0. The monoisotopic (exact) mass is 292 g/mol. The second-order valence-electron chi connectivity index (χ2n) is 4.92. The number of thiophene rings is 1. The highest BCUT2D eigenvalue weighted by atomic mass is 32.2. The summed E-state index contributed by atoms with van der Waals surface area (Å²) in [7, 11) is 0.132. The van der Waals surface area contributed by atoms with E-state index in [4.69, 9.17) is 0 Å². The highest BCUT2D eigenvalue weighted by Crippen LogP contribution is 2.20. The summed E-state index contributed by atoms with van der Waals surface area (Å²) in [5.74, 6) is 0. The molecule has 0 aliphatic heterocycles. The number of hydrogen-bond acceptors (Lipinski definition) is 5. The molecule has 1 aromatic rings. The lowest BCUT2D eigenvalue weighted by Crippen LogP contribution is -2.46. The largest absolute Gasteiger partial charge is 0.387 e. The highest BCUT2D eigenvalue weighted by Gasteiger charge is 2.25. The molecular formula is C11H20N2O3S2. The summed E-state index contributed by atoms with van der Waals surface area (Å²) in [4.78, 5) is 2.75. The maximum Gasteiger partial charge on any atom is 0.250 e. The van der Waals surface area contributed by atoms with Crippen molar-refractivity contribution in [3.05, 3.63) is 17.0 Å². The van der Waals surface area contributed by atoms with E-state index < -0.39 is 15.6 Å². The molecule has 0 aliphatic rings. The zero-order valence-corrected chi connectivity index (χ0v) is 12.7. The van der Waals surface area contributed by atoms with Crippen molar-refractivity contribution in [1.29, 1.82) is 0 Å². The first-order valence-electron chi connectivity index (χ1n) is 5.56. The van der Waals surface area contributed by atoms with Gasteiger partial charge in [-0.25, -0.2) is 13.1 Å². The zero-order valence-electron chi connectivity index (χ0n) is 11.1. The van der Waals surface area contributed by atoms with E-state index in [1.165, 1.54) is 11.3 Å². The molecule has 18 heavy (non-hydrogen) atoms. The van der Waals surface area contributed by atoms with Crippen LogP contribution in [0, 0.1) is 6.92 Å². The van der Waals surface area contributed by atoms with Crippen LogP contribution in [0.1, 0.15) is 11.8 Å². The lowest BCUT2D eigenvalue weighted by molar-refractivity contribution is 0.0386. The molecule has 0 saturated carbocycles. The van der Waals surface area contributed by atoms with E-state index in [0.29, 0.717) is 6.54 Å². The Bertz CT molecular complexity index is 492. The van der Waals surface area contributed by atoms with Gasteiger partial charge in [0.05, 0.1) is 5.60 Å². The molecule has 0 bridgehead atoms. The standard InChI is InChI=1S/C11H20N2O3S2/c1-9-5-6-10(17-9)18(15,16)12-7-11(2,14)8-13(3)4/h5-6,12,14H,7-8H2,1-4H3. The predicted octanol–water partition coefficient (Wildman–Crippen LogP) is 0.647. The molecule has 0 amide bonds. The molecule has 0 spiro atoms. The predicted molar refractivity (Wildman–Crippen MR) is 73.4 cm³/mol. The number of hydrogen-bond donors (Lipinski definition) is 2. The summed E-state index contributed by atoms with van der Waals surface area (Å²) in [6, 6.07) is 3.33. The van der Waals surface area contributed by atoms with Crippen LogP contribution in [0.15, 0.2) is 16.3 Å². The van der Waals surface area contributed by atoms with Gasteiger partial charge in [0.1, 0.15) is 4.21 Å². The molecule has 0 saturated heterocycles. The lowest BCUT2D eigenvalue weighted by atomic mass is 10.1.